The predicted molar refractivity (Wildman–Crippen MR) is 383 cm³/mol. The molecule has 0 aliphatic heterocycles. The van der Waals surface area contributed by atoms with Gasteiger partial charge in [-0.2, -0.15) is 0 Å². The minimum absolute atomic E-state index is 0.542. The van der Waals surface area contributed by atoms with Gasteiger partial charge >= 0.3 is 0 Å². The van der Waals surface area contributed by atoms with Gasteiger partial charge in [-0.25, -0.2) is 24.9 Å². The Kier molecular flexibility index (Phi) is 13.6. The highest BCUT2D eigenvalue weighted by Gasteiger charge is 2.28. The molecule has 0 spiro atoms. The number of para-hydroxylation sites is 1. The van der Waals surface area contributed by atoms with Gasteiger partial charge in [0.05, 0.1) is 61.9 Å². The summed E-state index contributed by atoms with van der Waals surface area (Å²) in [5.41, 5.74) is 23.8. The van der Waals surface area contributed by atoms with E-state index in [1.165, 1.54) is 5.56 Å². The molecule has 5 aromatic heterocycles. The first-order chi connectivity index (χ1) is 46.0. The SMILES string of the molecule is Cc1ccc2c(c1)c1ccccc1n2-c1c(-c2nc(-c3ccccc3)cc(-c3ccccc3)n2)cc(-n2c3ccc(-c4ccccc4)cc3c3ccc(-c4cc(-c5ccccc5)nc(-c5ccccc5)c4)cc32)cc1-c1nc(-c2ccccc2)cc(-c2ccccc2)n1. The minimum Gasteiger partial charge on any atom is -0.309 e. The molecule has 0 N–H and O–H groups in total. The van der Waals surface area contributed by atoms with Crippen LogP contribution in [0.2, 0.25) is 0 Å². The van der Waals surface area contributed by atoms with Crippen LogP contribution in [0.15, 0.2) is 328 Å². The Balaban J connectivity index is 1.04. The fourth-order valence-electron chi connectivity index (χ4n) is 13.3. The van der Waals surface area contributed by atoms with Crippen molar-refractivity contribution < 1.29 is 0 Å². The highest BCUT2D eigenvalue weighted by atomic mass is 15.0. The van der Waals surface area contributed by atoms with Crippen LogP contribution in [0.25, 0.3) is 168 Å². The van der Waals surface area contributed by atoms with Gasteiger partial charge in [0, 0.05) is 71.7 Å². The van der Waals surface area contributed by atoms with Gasteiger partial charge in [0.1, 0.15) is 0 Å². The molecule has 0 radical (unpaired) electrons. The van der Waals surface area contributed by atoms with Crippen molar-refractivity contribution in [3.8, 4) is 124 Å². The molecule has 0 atom stereocenters. The number of hydrogen-bond acceptors (Lipinski definition) is 5. The molecule has 7 nitrogen and oxygen atoms in total. The quantitative estimate of drug-likeness (QED) is 0.122. The second-order valence-corrected chi connectivity index (χ2v) is 23.7. The summed E-state index contributed by atoms with van der Waals surface area (Å²) in [5.74, 6) is 1.08. The molecule has 0 saturated heterocycles. The van der Waals surface area contributed by atoms with Crippen molar-refractivity contribution in [3.63, 3.8) is 0 Å². The van der Waals surface area contributed by atoms with Crippen molar-refractivity contribution in [2.75, 3.05) is 0 Å². The van der Waals surface area contributed by atoms with E-state index in [0.29, 0.717) is 11.6 Å². The highest BCUT2D eigenvalue weighted by molar-refractivity contribution is 6.13. The zero-order chi connectivity index (χ0) is 61.8. The summed E-state index contributed by atoms with van der Waals surface area (Å²) in [6.45, 7) is 2.16. The van der Waals surface area contributed by atoms with Crippen LogP contribution in [0.1, 0.15) is 5.56 Å². The lowest BCUT2D eigenvalue weighted by atomic mass is 9.98. The molecule has 5 heterocycles. The molecule has 0 amide bonds. The molecule has 0 aliphatic rings. The van der Waals surface area contributed by atoms with Crippen LogP contribution in [-0.4, -0.2) is 34.1 Å². The third-order valence-corrected chi connectivity index (χ3v) is 17.8. The van der Waals surface area contributed by atoms with Crippen LogP contribution in [-0.2, 0) is 0 Å². The monoisotopic (exact) mass is 1190 g/mol. The Morgan fingerprint density at radius 2 is 0.570 bits per heavy atom. The molecule has 0 unspecified atom stereocenters. The van der Waals surface area contributed by atoms with Gasteiger partial charge in [0.15, 0.2) is 11.6 Å². The van der Waals surface area contributed by atoms with Crippen molar-refractivity contribution in [1.29, 1.82) is 0 Å². The molecule has 0 saturated carbocycles. The van der Waals surface area contributed by atoms with E-state index in [1.807, 2.05) is 24.3 Å². The zero-order valence-corrected chi connectivity index (χ0v) is 50.8. The number of nitrogens with zero attached hydrogens (tertiary/aromatic N) is 7. The van der Waals surface area contributed by atoms with Crippen LogP contribution < -0.4 is 0 Å². The topological polar surface area (TPSA) is 74.3 Å². The first-order valence-electron chi connectivity index (χ1n) is 31.5. The number of pyridine rings is 1. The predicted octanol–water partition coefficient (Wildman–Crippen LogP) is 21.8. The maximum atomic E-state index is 5.74. The summed E-state index contributed by atoms with van der Waals surface area (Å²) in [5, 5.41) is 4.45. The zero-order valence-electron chi connectivity index (χ0n) is 50.8. The Morgan fingerprint density at radius 1 is 0.215 bits per heavy atom. The molecule has 0 aliphatic carbocycles. The lowest BCUT2D eigenvalue weighted by molar-refractivity contribution is 1.10. The van der Waals surface area contributed by atoms with Crippen molar-refractivity contribution in [2.24, 2.45) is 0 Å². The van der Waals surface area contributed by atoms with Gasteiger partial charge in [-0.1, -0.05) is 260 Å². The van der Waals surface area contributed by atoms with Crippen molar-refractivity contribution in [1.82, 2.24) is 34.1 Å². The first-order valence-corrected chi connectivity index (χ1v) is 31.5. The minimum atomic E-state index is 0.542. The Morgan fingerprint density at radius 3 is 1.04 bits per heavy atom. The first kappa shape index (κ1) is 54.7. The standard InChI is InChI=1S/C86H57N7/c1-56-41-45-82-70(47-56)68-39-23-24-40-80(68)93(82)84-72(85-88-76(60-31-15-5-16-32-60)54-77(89-85)61-33-17-6-18-34-61)52-67(53-73(84)86-90-78(62-35-19-7-20-36-62)55-79(91-86)63-37-21-8-22-38-63)92-81-46-43-64(57-25-9-2-10-26-57)48-71(81)69-44-42-65(51-83(69)92)66-49-74(58-27-11-3-12-28-58)87-75(50-66)59-29-13-4-14-30-59/h2-55H,1H3. The maximum absolute atomic E-state index is 5.74. The number of benzene rings is 12. The molecule has 0 fully saturated rings. The molecule has 17 aromatic rings. The second kappa shape index (κ2) is 23.2. The molecule has 12 aromatic carbocycles. The maximum Gasteiger partial charge on any atom is 0.162 e. The molecular formula is C86H57N7. The summed E-state index contributed by atoms with van der Waals surface area (Å²) in [7, 11) is 0. The number of rotatable bonds is 12. The molecule has 93 heavy (non-hydrogen) atoms. The van der Waals surface area contributed by atoms with E-state index in [0.717, 1.165) is 156 Å². The summed E-state index contributed by atoms with van der Waals surface area (Å²) in [6.07, 6.45) is 0. The molecule has 7 heteroatoms. The van der Waals surface area contributed by atoms with Crippen LogP contribution in [0.3, 0.4) is 0 Å². The molecule has 0 bridgehead atoms. The van der Waals surface area contributed by atoms with E-state index in [2.05, 4.69) is 319 Å². The number of hydrogen-bond donors (Lipinski definition) is 0. The van der Waals surface area contributed by atoms with Crippen LogP contribution in [0.5, 0.6) is 0 Å². The van der Waals surface area contributed by atoms with Gasteiger partial charge in [-0.15, -0.1) is 0 Å². The third kappa shape index (κ3) is 10.1. The summed E-state index contributed by atoms with van der Waals surface area (Å²) < 4.78 is 4.85. The van der Waals surface area contributed by atoms with Crippen LogP contribution in [0, 0.1) is 6.92 Å². The second-order valence-electron chi connectivity index (χ2n) is 23.7. The number of aromatic nitrogens is 7. The van der Waals surface area contributed by atoms with Gasteiger partial charge in [0.25, 0.3) is 0 Å². The van der Waals surface area contributed by atoms with Crippen molar-refractivity contribution >= 4 is 43.6 Å². The van der Waals surface area contributed by atoms with E-state index in [4.69, 9.17) is 24.9 Å². The number of aryl methyl sites for hydroxylation is 1. The summed E-state index contributed by atoms with van der Waals surface area (Å²) >= 11 is 0. The van der Waals surface area contributed by atoms with Gasteiger partial charge in [-0.05, 0) is 102 Å². The average molecular weight is 1190 g/mol. The third-order valence-electron chi connectivity index (χ3n) is 17.8. The normalized spacial score (nSPS) is 11.5. The number of fused-ring (bicyclic) bond motifs is 6. The van der Waals surface area contributed by atoms with E-state index in [-0.39, 0.29) is 0 Å². The molecule has 436 valence electrons. The summed E-state index contributed by atoms with van der Waals surface area (Å²) in [6, 6.07) is 116. The fraction of sp³-hybridized carbons (Fsp3) is 0.0116. The molecule has 17 rings (SSSR count). The van der Waals surface area contributed by atoms with Crippen LogP contribution >= 0.6 is 0 Å². The van der Waals surface area contributed by atoms with E-state index >= 15 is 0 Å². The Bertz CT molecular complexity index is 5330. The largest absolute Gasteiger partial charge is 0.309 e. The van der Waals surface area contributed by atoms with Crippen molar-refractivity contribution in [3.05, 3.63) is 333 Å². The van der Waals surface area contributed by atoms with E-state index in [9.17, 15) is 0 Å². The summed E-state index contributed by atoms with van der Waals surface area (Å²) in [4.78, 5) is 28.3. The fourth-order valence-corrected chi connectivity index (χ4v) is 13.3. The van der Waals surface area contributed by atoms with Gasteiger partial charge in [0.2, 0.25) is 0 Å². The molecular weight excluding hydrogens is 1130 g/mol. The van der Waals surface area contributed by atoms with Crippen molar-refractivity contribution in [2.45, 2.75) is 6.92 Å². The lowest BCUT2D eigenvalue weighted by Crippen LogP contribution is -2.08. The van der Waals surface area contributed by atoms with E-state index in [1.54, 1.807) is 0 Å². The van der Waals surface area contributed by atoms with Gasteiger partial charge < -0.3 is 9.13 Å². The highest BCUT2D eigenvalue weighted by Crippen LogP contribution is 2.46. The van der Waals surface area contributed by atoms with E-state index < -0.39 is 0 Å². The Hall–Kier alpha value is -12.5. The van der Waals surface area contributed by atoms with Gasteiger partial charge in [-0.3, -0.25) is 0 Å². The average Bonchev–Trinajstić information content (AvgIpc) is 1.62. The Labute approximate surface area is 538 Å². The lowest BCUT2D eigenvalue weighted by Gasteiger charge is -2.22. The van der Waals surface area contributed by atoms with Crippen LogP contribution in [0.4, 0.5) is 0 Å². The smallest absolute Gasteiger partial charge is 0.162 e.